The third-order valence-corrected chi connectivity index (χ3v) is 5.11. The molecule has 0 atom stereocenters. The van der Waals surface area contributed by atoms with E-state index in [0.29, 0.717) is 0 Å². The van der Waals surface area contributed by atoms with Crippen LogP contribution in [0.25, 0.3) is 5.57 Å². The molecule has 2 aliphatic heterocycles. The molecule has 2 aliphatic rings. The quantitative estimate of drug-likeness (QED) is 0.632. The van der Waals surface area contributed by atoms with Crippen LogP contribution in [0.15, 0.2) is 48.7 Å². The van der Waals surface area contributed by atoms with Crippen molar-refractivity contribution in [3.63, 3.8) is 0 Å². The molecule has 0 aromatic heterocycles. The highest BCUT2D eigenvalue weighted by molar-refractivity contribution is 6.31. The SMILES string of the molecule is CN1CCN(c2ccc(NC=C3C(=O)NC(=O)c4ccc(F)cc43)cc2)CC1. The van der Waals surface area contributed by atoms with E-state index in [1.54, 1.807) is 0 Å². The molecular formula is C21H21FN4O2. The standard InChI is InChI=1S/C21H21FN4O2/c1-25-8-10-26(11-9-25)16-5-3-15(4-6-16)23-13-19-18-12-14(22)2-7-17(18)20(27)24-21(19)28/h2-7,12-13,23H,8-11H2,1H3,(H,24,27,28). The van der Waals surface area contributed by atoms with E-state index in [2.05, 4.69) is 27.5 Å². The predicted molar refractivity (Wildman–Crippen MR) is 107 cm³/mol. The summed E-state index contributed by atoms with van der Waals surface area (Å²) in [5, 5.41) is 5.35. The number of rotatable bonds is 3. The fourth-order valence-corrected chi connectivity index (χ4v) is 3.43. The first-order valence-corrected chi connectivity index (χ1v) is 9.17. The van der Waals surface area contributed by atoms with Gasteiger partial charge in [-0.3, -0.25) is 14.9 Å². The highest BCUT2D eigenvalue weighted by Gasteiger charge is 2.27. The highest BCUT2D eigenvalue weighted by Crippen LogP contribution is 2.26. The van der Waals surface area contributed by atoms with Crippen LogP contribution in [0.3, 0.4) is 0 Å². The second-order valence-corrected chi connectivity index (χ2v) is 7.01. The number of carbonyl (C=O) groups excluding carboxylic acids is 2. The number of halogens is 1. The average Bonchev–Trinajstić information content (AvgIpc) is 2.68. The van der Waals surface area contributed by atoms with Crippen LogP contribution in [0, 0.1) is 5.82 Å². The van der Waals surface area contributed by atoms with Crippen LogP contribution in [0.1, 0.15) is 15.9 Å². The monoisotopic (exact) mass is 380 g/mol. The summed E-state index contributed by atoms with van der Waals surface area (Å²) in [5.74, 6) is -1.57. The molecule has 28 heavy (non-hydrogen) atoms. The minimum Gasteiger partial charge on any atom is -0.369 e. The summed E-state index contributed by atoms with van der Waals surface area (Å²) in [7, 11) is 2.12. The Morgan fingerprint density at radius 1 is 0.964 bits per heavy atom. The van der Waals surface area contributed by atoms with Crippen molar-refractivity contribution in [1.82, 2.24) is 10.2 Å². The van der Waals surface area contributed by atoms with Gasteiger partial charge >= 0.3 is 0 Å². The maximum atomic E-state index is 13.6. The molecule has 7 heteroatoms. The molecule has 0 saturated carbocycles. The summed E-state index contributed by atoms with van der Waals surface area (Å²) in [6, 6.07) is 11.7. The molecule has 2 N–H and O–H groups in total. The van der Waals surface area contributed by atoms with Crippen molar-refractivity contribution in [3.8, 4) is 0 Å². The third kappa shape index (κ3) is 3.61. The number of carbonyl (C=O) groups is 2. The lowest BCUT2D eigenvalue weighted by Gasteiger charge is -2.34. The molecule has 6 nitrogen and oxygen atoms in total. The number of hydrogen-bond acceptors (Lipinski definition) is 5. The van der Waals surface area contributed by atoms with Crippen molar-refractivity contribution in [2.24, 2.45) is 0 Å². The second-order valence-electron chi connectivity index (χ2n) is 7.01. The number of hydrogen-bond donors (Lipinski definition) is 2. The van der Waals surface area contributed by atoms with Crippen molar-refractivity contribution in [2.75, 3.05) is 43.4 Å². The van der Waals surface area contributed by atoms with Crippen LogP contribution in [-0.4, -0.2) is 49.9 Å². The van der Waals surface area contributed by atoms with E-state index in [1.165, 1.54) is 24.4 Å². The van der Waals surface area contributed by atoms with Gasteiger partial charge in [0.2, 0.25) is 0 Å². The minimum absolute atomic E-state index is 0.220. The predicted octanol–water partition coefficient (Wildman–Crippen LogP) is 2.30. The molecular weight excluding hydrogens is 359 g/mol. The Balaban J connectivity index is 1.53. The average molecular weight is 380 g/mol. The molecule has 0 aliphatic carbocycles. The lowest BCUT2D eigenvalue weighted by atomic mass is 9.95. The van der Waals surface area contributed by atoms with Gasteiger partial charge in [0, 0.05) is 54.9 Å². The maximum absolute atomic E-state index is 13.6. The molecule has 4 rings (SSSR count). The highest BCUT2D eigenvalue weighted by atomic mass is 19.1. The van der Waals surface area contributed by atoms with Crippen molar-refractivity contribution >= 4 is 28.8 Å². The molecule has 2 heterocycles. The first-order valence-electron chi connectivity index (χ1n) is 9.17. The molecule has 0 bridgehead atoms. The van der Waals surface area contributed by atoms with Gasteiger partial charge in [0.05, 0.1) is 5.57 Å². The molecule has 2 aromatic rings. The summed E-state index contributed by atoms with van der Waals surface area (Å²) >= 11 is 0. The van der Waals surface area contributed by atoms with Gasteiger partial charge in [-0.1, -0.05) is 0 Å². The first-order chi connectivity index (χ1) is 13.5. The van der Waals surface area contributed by atoms with Crippen LogP contribution < -0.4 is 15.5 Å². The normalized spacial score (nSPS) is 18.8. The largest absolute Gasteiger partial charge is 0.369 e. The zero-order chi connectivity index (χ0) is 19.7. The summed E-state index contributed by atoms with van der Waals surface area (Å²) < 4.78 is 13.6. The van der Waals surface area contributed by atoms with Gasteiger partial charge in [0.1, 0.15) is 5.82 Å². The van der Waals surface area contributed by atoms with Crippen molar-refractivity contribution in [1.29, 1.82) is 0 Å². The number of nitrogens with one attached hydrogen (secondary N) is 2. The Morgan fingerprint density at radius 3 is 2.39 bits per heavy atom. The smallest absolute Gasteiger partial charge is 0.260 e. The molecule has 144 valence electrons. The number of imide groups is 1. The summed E-state index contributed by atoms with van der Waals surface area (Å²) in [5.41, 5.74) is 2.74. The van der Waals surface area contributed by atoms with E-state index in [-0.39, 0.29) is 16.7 Å². The van der Waals surface area contributed by atoms with E-state index in [4.69, 9.17) is 0 Å². The fraction of sp³-hybridized carbons (Fsp3) is 0.238. The zero-order valence-electron chi connectivity index (χ0n) is 15.5. The number of anilines is 2. The van der Waals surface area contributed by atoms with Gasteiger partial charge in [0.15, 0.2) is 0 Å². The first kappa shape index (κ1) is 18.2. The summed E-state index contributed by atoms with van der Waals surface area (Å²) in [6.07, 6.45) is 1.50. The molecule has 1 fully saturated rings. The Hall–Kier alpha value is -3.19. The second kappa shape index (κ2) is 7.44. The maximum Gasteiger partial charge on any atom is 0.260 e. The van der Waals surface area contributed by atoms with Gasteiger partial charge in [-0.05, 0) is 49.5 Å². The van der Waals surface area contributed by atoms with Gasteiger partial charge in [-0.15, -0.1) is 0 Å². The van der Waals surface area contributed by atoms with E-state index in [1.807, 2.05) is 24.3 Å². The molecule has 2 aromatic carbocycles. The Labute approximate surface area is 162 Å². The summed E-state index contributed by atoms with van der Waals surface area (Å²) in [4.78, 5) is 28.8. The van der Waals surface area contributed by atoms with Gasteiger partial charge < -0.3 is 15.1 Å². The van der Waals surface area contributed by atoms with Crippen LogP contribution >= 0.6 is 0 Å². The topological polar surface area (TPSA) is 64.7 Å². The Bertz CT molecular complexity index is 947. The zero-order valence-corrected chi connectivity index (χ0v) is 15.5. The van der Waals surface area contributed by atoms with Crippen LogP contribution in [0.2, 0.25) is 0 Å². The number of piperazine rings is 1. The Morgan fingerprint density at radius 2 is 1.68 bits per heavy atom. The van der Waals surface area contributed by atoms with E-state index >= 15 is 0 Å². The minimum atomic E-state index is -0.551. The van der Waals surface area contributed by atoms with Crippen molar-refractivity contribution < 1.29 is 14.0 Å². The fourth-order valence-electron chi connectivity index (χ4n) is 3.43. The van der Waals surface area contributed by atoms with Gasteiger partial charge in [-0.2, -0.15) is 0 Å². The number of fused-ring (bicyclic) bond motifs is 1. The lowest BCUT2D eigenvalue weighted by molar-refractivity contribution is -0.114. The van der Waals surface area contributed by atoms with Gasteiger partial charge in [-0.25, -0.2) is 4.39 Å². The lowest BCUT2D eigenvalue weighted by Crippen LogP contribution is -2.44. The number of amides is 2. The van der Waals surface area contributed by atoms with Crippen LogP contribution in [-0.2, 0) is 4.79 Å². The van der Waals surface area contributed by atoms with E-state index in [9.17, 15) is 14.0 Å². The van der Waals surface area contributed by atoms with Crippen LogP contribution in [0.4, 0.5) is 15.8 Å². The molecule has 1 saturated heterocycles. The van der Waals surface area contributed by atoms with E-state index < -0.39 is 17.6 Å². The van der Waals surface area contributed by atoms with Crippen LogP contribution in [0.5, 0.6) is 0 Å². The number of benzene rings is 2. The van der Waals surface area contributed by atoms with Gasteiger partial charge in [0.25, 0.3) is 11.8 Å². The molecule has 0 unspecified atom stereocenters. The number of nitrogens with zero attached hydrogens (tertiary/aromatic N) is 2. The summed E-state index contributed by atoms with van der Waals surface area (Å²) in [6.45, 7) is 4.06. The van der Waals surface area contributed by atoms with Crippen molar-refractivity contribution in [3.05, 3.63) is 65.6 Å². The molecule has 0 radical (unpaired) electrons. The Kier molecular flexibility index (Phi) is 4.83. The van der Waals surface area contributed by atoms with E-state index in [0.717, 1.165) is 37.6 Å². The molecule has 2 amide bonds. The number of likely N-dealkylation sites (N-methyl/N-ethyl adjacent to an activating group) is 1. The van der Waals surface area contributed by atoms with Crippen molar-refractivity contribution in [2.45, 2.75) is 0 Å². The molecule has 0 spiro atoms. The third-order valence-electron chi connectivity index (χ3n) is 5.11.